The summed E-state index contributed by atoms with van der Waals surface area (Å²) >= 11 is 0. The average molecular weight is 690 g/mol. The van der Waals surface area contributed by atoms with E-state index in [1.165, 1.54) is 89.3 Å². The number of rotatable bonds is 4. The van der Waals surface area contributed by atoms with Crippen molar-refractivity contribution >= 4 is 16.9 Å². The van der Waals surface area contributed by atoms with E-state index in [-0.39, 0.29) is 5.41 Å². The SMILES string of the molecule is CC1(C)C2=C(CC=CC(N(c3ccccc3-c3ccccc3)c3cccc4c3-c3ccccc3C43c4ccccc4-c4ccccc43)=C2)c2ccccc21. The molecule has 0 bridgehead atoms. The van der Waals surface area contributed by atoms with Gasteiger partial charge in [-0.25, -0.2) is 0 Å². The molecule has 0 aromatic heterocycles. The predicted molar refractivity (Wildman–Crippen MR) is 225 cm³/mol. The van der Waals surface area contributed by atoms with Crippen molar-refractivity contribution in [2.45, 2.75) is 31.1 Å². The molecule has 7 aromatic rings. The molecule has 1 nitrogen and oxygen atoms in total. The zero-order valence-corrected chi connectivity index (χ0v) is 30.6. The second-order valence-corrected chi connectivity index (χ2v) is 15.5. The van der Waals surface area contributed by atoms with E-state index >= 15 is 0 Å². The van der Waals surface area contributed by atoms with Gasteiger partial charge in [0.1, 0.15) is 0 Å². The lowest BCUT2D eigenvalue weighted by molar-refractivity contribution is 0.653. The minimum atomic E-state index is -0.418. The minimum absolute atomic E-state index is 0.125. The first-order chi connectivity index (χ1) is 26.6. The van der Waals surface area contributed by atoms with Gasteiger partial charge in [-0.2, -0.15) is 0 Å². The van der Waals surface area contributed by atoms with Crippen LogP contribution in [0, 0.1) is 0 Å². The highest BCUT2D eigenvalue weighted by atomic mass is 15.2. The molecule has 0 radical (unpaired) electrons. The van der Waals surface area contributed by atoms with Crippen molar-refractivity contribution in [3.05, 3.63) is 233 Å². The van der Waals surface area contributed by atoms with Gasteiger partial charge in [-0.15, -0.1) is 0 Å². The summed E-state index contributed by atoms with van der Waals surface area (Å²) in [6.45, 7) is 4.79. The molecule has 0 N–H and O–H groups in total. The van der Waals surface area contributed by atoms with E-state index < -0.39 is 5.41 Å². The number of nitrogens with zero attached hydrogens (tertiary/aromatic N) is 1. The third-order valence-electron chi connectivity index (χ3n) is 12.6. The Morgan fingerprint density at radius 2 is 0.963 bits per heavy atom. The van der Waals surface area contributed by atoms with E-state index in [0.717, 1.165) is 12.1 Å². The van der Waals surface area contributed by atoms with E-state index in [1.54, 1.807) is 0 Å². The Hall–Kier alpha value is -6.44. The molecule has 7 aromatic carbocycles. The van der Waals surface area contributed by atoms with Crippen molar-refractivity contribution in [2.75, 3.05) is 4.90 Å². The quantitative estimate of drug-likeness (QED) is 0.178. The highest BCUT2D eigenvalue weighted by Gasteiger charge is 2.52. The van der Waals surface area contributed by atoms with Crippen molar-refractivity contribution in [1.29, 1.82) is 0 Å². The molecule has 0 saturated carbocycles. The Labute approximate surface area is 317 Å². The fourth-order valence-corrected chi connectivity index (χ4v) is 10.3. The number of allylic oxidation sites excluding steroid dienone is 5. The summed E-state index contributed by atoms with van der Waals surface area (Å²) in [6, 6.07) is 63.2. The third kappa shape index (κ3) is 4.10. The van der Waals surface area contributed by atoms with Crippen LogP contribution in [0.3, 0.4) is 0 Å². The molecule has 1 spiro atoms. The molecule has 1 heteroatoms. The second kappa shape index (κ2) is 11.5. The zero-order valence-electron chi connectivity index (χ0n) is 30.6. The maximum Gasteiger partial charge on any atom is 0.0726 e. The Morgan fingerprint density at radius 3 is 1.67 bits per heavy atom. The van der Waals surface area contributed by atoms with Crippen LogP contribution in [0.15, 0.2) is 199 Å². The largest absolute Gasteiger partial charge is 0.309 e. The Bertz CT molecular complexity index is 2730. The van der Waals surface area contributed by atoms with Crippen LogP contribution in [-0.2, 0) is 10.8 Å². The first-order valence-corrected chi connectivity index (χ1v) is 19.2. The fourth-order valence-electron chi connectivity index (χ4n) is 10.3. The number of hydrogen-bond acceptors (Lipinski definition) is 1. The number of fused-ring (bicyclic) bond motifs is 12. The fraction of sp³-hybridized carbons (Fsp3) is 0.0943. The summed E-state index contributed by atoms with van der Waals surface area (Å²) in [4.78, 5) is 2.56. The van der Waals surface area contributed by atoms with Gasteiger partial charge in [0.05, 0.1) is 16.8 Å². The Kier molecular flexibility index (Phi) is 6.64. The monoisotopic (exact) mass is 689 g/mol. The van der Waals surface area contributed by atoms with Gasteiger partial charge in [0.15, 0.2) is 0 Å². The van der Waals surface area contributed by atoms with Gasteiger partial charge in [0.25, 0.3) is 0 Å². The molecule has 11 rings (SSSR count). The van der Waals surface area contributed by atoms with Crippen molar-refractivity contribution in [3.8, 4) is 33.4 Å². The van der Waals surface area contributed by atoms with Crippen LogP contribution in [0.2, 0.25) is 0 Å². The standard InChI is InChI=1S/C53H39N/c1-52(2)43-27-11-6-22-38(43)41-26-16-20-36(34-48(41)52)54(49-32-15-10-21-37(49)35-18-4-3-5-19-35)50-33-17-31-47-51(50)42-25-9-14-30-46(42)53(47)44-28-12-7-23-39(44)40-24-8-13-29-45(40)53/h3-25,27-34H,26H2,1-2H3. The molecule has 0 heterocycles. The lowest BCUT2D eigenvalue weighted by Gasteiger charge is -2.33. The van der Waals surface area contributed by atoms with Gasteiger partial charge in [-0.1, -0.05) is 178 Å². The molecule has 0 aliphatic heterocycles. The van der Waals surface area contributed by atoms with E-state index in [1.807, 2.05) is 0 Å². The number of hydrogen-bond donors (Lipinski definition) is 0. The van der Waals surface area contributed by atoms with Gasteiger partial charge in [-0.3, -0.25) is 0 Å². The molecule has 0 unspecified atom stereocenters. The summed E-state index contributed by atoms with van der Waals surface area (Å²) in [5.41, 5.74) is 21.7. The van der Waals surface area contributed by atoms with E-state index in [0.29, 0.717) is 0 Å². The molecule has 256 valence electrons. The van der Waals surface area contributed by atoms with Crippen LogP contribution in [0.5, 0.6) is 0 Å². The van der Waals surface area contributed by atoms with Crippen LogP contribution in [-0.4, -0.2) is 0 Å². The third-order valence-corrected chi connectivity index (χ3v) is 12.6. The van der Waals surface area contributed by atoms with Gasteiger partial charge in [0.2, 0.25) is 0 Å². The molecule has 0 saturated heterocycles. The van der Waals surface area contributed by atoms with Crippen LogP contribution >= 0.6 is 0 Å². The Balaban J connectivity index is 1.23. The normalized spacial score (nSPS) is 16.1. The molecule has 54 heavy (non-hydrogen) atoms. The van der Waals surface area contributed by atoms with Crippen LogP contribution in [0.1, 0.15) is 53.6 Å². The first kappa shape index (κ1) is 31.1. The van der Waals surface area contributed by atoms with Crippen molar-refractivity contribution in [1.82, 2.24) is 0 Å². The first-order valence-electron chi connectivity index (χ1n) is 19.2. The highest BCUT2D eigenvalue weighted by Crippen LogP contribution is 2.64. The summed E-state index contributed by atoms with van der Waals surface area (Å²) in [7, 11) is 0. The topological polar surface area (TPSA) is 3.24 Å². The van der Waals surface area contributed by atoms with Crippen LogP contribution < -0.4 is 4.90 Å². The number of anilines is 2. The second-order valence-electron chi connectivity index (χ2n) is 15.5. The van der Waals surface area contributed by atoms with Gasteiger partial charge < -0.3 is 4.90 Å². The van der Waals surface area contributed by atoms with Crippen molar-refractivity contribution < 1.29 is 0 Å². The molecule has 0 atom stereocenters. The molecule has 0 fully saturated rings. The molecule has 0 amide bonds. The van der Waals surface area contributed by atoms with E-state index in [9.17, 15) is 0 Å². The maximum atomic E-state index is 2.56. The molecular formula is C53H39N. The Morgan fingerprint density at radius 1 is 0.444 bits per heavy atom. The van der Waals surface area contributed by atoms with Crippen molar-refractivity contribution in [3.63, 3.8) is 0 Å². The van der Waals surface area contributed by atoms with Crippen molar-refractivity contribution in [2.24, 2.45) is 0 Å². The van der Waals surface area contributed by atoms with Crippen LogP contribution in [0.25, 0.3) is 39.0 Å². The lowest BCUT2D eigenvalue weighted by Crippen LogP contribution is -2.26. The lowest BCUT2D eigenvalue weighted by atomic mass is 9.70. The predicted octanol–water partition coefficient (Wildman–Crippen LogP) is 13.4. The van der Waals surface area contributed by atoms with Gasteiger partial charge in [-0.05, 0) is 97.5 Å². The summed E-state index contributed by atoms with van der Waals surface area (Å²) in [6.07, 6.45) is 8.15. The summed E-state index contributed by atoms with van der Waals surface area (Å²) in [5.74, 6) is 0. The highest BCUT2D eigenvalue weighted by molar-refractivity contribution is 6.01. The number of para-hydroxylation sites is 1. The van der Waals surface area contributed by atoms with Gasteiger partial charge >= 0.3 is 0 Å². The zero-order chi connectivity index (χ0) is 36.0. The number of benzene rings is 7. The average Bonchev–Trinajstić information content (AvgIpc) is 3.68. The van der Waals surface area contributed by atoms with Gasteiger partial charge in [0, 0.05) is 22.2 Å². The maximum absolute atomic E-state index is 2.56. The van der Waals surface area contributed by atoms with E-state index in [2.05, 4.69) is 207 Å². The van der Waals surface area contributed by atoms with E-state index in [4.69, 9.17) is 0 Å². The summed E-state index contributed by atoms with van der Waals surface area (Å²) < 4.78 is 0. The summed E-state index contributed by atoms with van der Waals surface area (Å²) in [5, 5.41) is 0. The van der Waals surface area contributed by atoms with Crippen LogP contribution in [0.4, 0.5) is 11.4 Å². The molecule has 4 aliphatic rings. The molecular weight excluding hydrogens is 651 g/mol. The smallest absolute Gasteiger partial charge is 0.0726 e. The minimum Gasteiger partial charge on any atom is -0.309 e. The molecule has 4 aliphatic carbocycles.